The molecule has 1 aliphatic heterocycles. The van der Waals surface area contributed by atoms with Crippen LogP contribution in [-0.2, 0) is 15.7 Å². The van der Waals surface area contributed by atoms with E-state index in [0.29, 0.717) is 31.7 Å². The van der Waals surface area contributed by atoms with E-state index in [4.69, 9.17) is 14.7 Å². The van der Waals surface area contributed by atoms with Crippen LogP contribution in [0.1, 0.15) is 24.5 Å². The Morgan fingerprint density at radius 3 is 2.62 bits per heavy atom. The van der Waals surface area contributed by atoms with Gasteiger partial charge in [0.05, 0.1) is 31.4 Å². The third-order valence-electron chi connectivity index (χ3n) is 5.08. The summed E-state index contributed by atoms with van der Waals surface area (Å²) in [7, 11) is 0. The predicted octanol–water partition coefficient (Wildman–Crippen LogP) is 1.58. The van der Waals surface area contributed by atoms with Crippen LogP contribution in [-0.4, -0.2) is 71.5 Å². The number of ether oxygens (including phenoxy) is 2. The van der Waals surface area contributed by atoms with Crippen LogP contribution in [0, 0.1) is 11.3 Å². The first-order valence-corrected chi connectivity index (χ1v) is 10.5. The number of halogens is 3. The van der Waals surface area contributed by atoms with Crippen LogP contribution in [0.4, 0.5) is 19.0 Å². The Morgan fingerprint density at radius 2 is 2.00 bits per heavy atom. The topological polar surface area (TPSA) is 124 Å². The summed E-state index contributed by atoms with van der Waals surface area (Å²) >= 11 is 0. The predicted molar refractivity (Wildman–Crippen MR) is 113 cm³/mol. The Balaban J connectivity index is 1.39. The Bertz CT molecular complexity index is 1080. The lowest BCUT2D eigenvalue weighted by atomic mass is 10.2. The standard InChI is InChI=1S/C21H23F3N6O4/c1-14(34-16-12-27-28-20(32)19(16)21(22,23)24)13-33-9-4-18(31)30-7-5-29(6-8-30)17-3-2-15(10-25)11-26-17/h2-3,11-12,14H,4-9,13H2,1H3,(H,28,32)/t14-/m1/s1. The molecule has 1 N–H and O–H groups in total. The van der Waals surface area contributed by atoms with Crippen molar-refractivity contribution in [1.82, 2.24) is 20.1 Å². The van der Waals surface area contributed by atoms with E-state index in [0.717, 1.165) is 12.0 Å². The van der Waals surface area contributed by atoms with Gasteiger partial charge in [-0.15, -0.1) is 0 Å². The monoisotopic (exact) mass is 480 g/mol. The van der Waals surface area contributed by atoms with Crippen molar-refractivity contribution in [1.29, 1.82) is 5.26 Å². The molecule has 0 aromatic carbocycles. The van der Waals surface area contributed by atoms with Gasteiger partial charge < -0.3 is 19.3 Å². The molecule has 0 saturated carbocycles. The molecule has 10 nitrogen and oxygen atoms in total. The smallest absolute Gasteiger partial charge is 0.425 e. The highest BCUT2D eigenvalue weighted by Gasteiger charge is 2.38. The van der Waals surface area contributed by atoms with E-state index in [1.54, 1.807) is 22.1 Å². The van der Waals surface area contributed by atoms with E-state index >= 15 is 0 Å². The number of aromatic nitrogens is 3. The van der Waals surface area contributed by atoms with E-state index in [2.05, 4.69) is 10.1 Å². The normalized spacial score (nSPS) is 15.0. The molecule has 2 aromatic heterocycles. The maximum Gasteiger partial charge on any atom is 0.425 e. The van der Waals surface area contributed by atoms with Gasteiger partial charge in [0.15, 0.2) is 11.3 Å². The van der Waals surface area contributed by atoms with Crippen LogP contribution in [0.15, 0.2) is 29.3 Å². The molecule has 0 spiro atoms. The van der Waals surface area contributed by atoms with Crippen LogP contribution in [0.3, 0.4) is 0 Å². The average molecular weight is 480 g/mol. The van der Waals surface area contributed by atoms with E-state index < -0.39 is 29.2 Å². The highest BCUT2D eigenvalue weighted by molar-refractivity contribution is 5.76. The molecule has 13 heteroatoms. The molecule has 3 heterocycles. The van der Waals surface area contributed by atoms with Crippen molar-refractivity contribution in [2.75, 3.05) is 44.3 Å². The summed E-state index contributed by atoms with van der Waals surface area (Å²) in [5.74, 6) is -0.0371. The van der Waals surface area contributed by atoms with Crippen molar-refractivity contribution in [2.24, 2.45) is 0 Å². The summed E-state index contributed by atoms with van der Waals surface area (Å²) in [6.45, 7) is 3.70. The van der Waals surface area contributed by atoms with Crippen LogP contribution in [0.25, 0.3) is 0 Å². The Kier molecular flexibility index (Phi) is 8.06. The number of hydrogen-bond acceptors (Lipinski definition) is 8. The van der Waals surface area contributed by atoms with Gasteiger partial charge in [0, 0.05) is 32.4 Å². The molecule has 1 aliphatic rings. The fraction of sp³-hybridized carbons (Fsp3) is 0.476. The molecule has 1 atom stereocenters. The quantitative estimate of drug-likeness (QED) is 0.565. The number of aromatic amines is 1. The van der Waals surface area contributed by atoms with Crippen LogP contribution >= 0.6 is 0 Å². The van der Waals surface area contributed by atoms with Gasteiger partial charge in [0.2, 0.25) is 5.91 Å². The van der Waals surface area contributed by atoms with E-state index in [9.17, 15) is 22.8 Å². The number of nitriles is 1. The van der Waals surface area contributed by atoms with E-state index in [-0.39, 0.29) is 25.5 Å². The highest BCUT2D eigenvalue weighted by atomic mass is 19.4. The molecule has 2 aromatic rings. The van der Waals surface area contributed by atoms with E-state index in [1.165, 1.54) is 13.1 Å². The van der Waals surface area contributed by atoms with Crippen LogP contribution in [0.5, 0.6) is 5.75 Å². The SMILES string of the molecule is C[C@H](COCCC(=O)N1CCN(c2ccc(C#N)cn2)CC1)Oc1cn[nH]c(=O)c1C(F)(F)F. The summed E-state index contributed by atoms with van der Waals surface area (Å²) in [6, 6.07) is 5.48. The maximum absolute atomic E-state index is 13.1. The second-order valence-corrected chi connectivity index (χ2v) is 7.57. The summed E-state index contributed by atoms with van der Waals surface area (Å²) < 4.78 is 49.8. The van der Waals surface area contributed by atoms with Crippen LogP contribution in [0.2, 0.25) is 0 Å². The number of pyridine rings is 1. The summed E-state index contributed by atoms with van der Waals surface area (Å²) in [6.07, 6.45) is -3.28. The first kappa shape index (κ1) is 25.0. The van der Waals surface area contributed by atoms with Crippen molar-refractivity contribution in [3.8, 4) is 11.8 Å². The molecule has 0 bridgehead atoms. The van der Waals surface area contributed by atoms with Gasteiger partial charge in [0.25, 0.3) is 5.56 Å². The molecule has 0 radical (unpaired) electrons. The lowest BCUT2D eigenvalue weighted by Crippen LogP contribution is -2.49. The molecule has 1 amide bonds. The van der Waals surface area contributed by atoms with Crippen molar-refractivity contribution in [2.45, 2.75) is 25.6 Å². The number of carbonyl (C=O) groups excluding carboxylic acids is 1. The van der Waals surface area contributed by atoms with Gasteiger partial charge in [-0.1, -0.05) is 0 Å². The molecular formula is C21H23F3N6O4. The number of piperazine rings is 1. The number of nitrogens with one attached hydrogen (secondary N) is 1. The van der Waals surface area contributed by atoms with Gasteiger partial charge in [0.1, 0.15) is 18.0 Å². The summed E-state index contributed by atoms with van der Waals surface area (Å²) in [5.41, 5.74) is -2.37. The fourth-order valence-electron chi connectivity index (χ4n) is 3.38. The summed E-state index contributed by atoms with van der Waals surface area (Å²) in [4.78, 5) is 31.9. The maximum atomic E-state index is 13.1. The number of amides is 1. The lowest BCUT2D eigenvalue weighted by molar-refractivity contribution is -0.141. The second-order valence-electron chi connectivity index (χ2n) is 7.57. The Labute approximate surface area is 192 Å². The third-order valence-corrected chi connectivity index (χ3v) is 5.08. The van der Waals surface area contributed by atoms with Crippen molar-refractivity contribution < 1.29 is 27.4 Å². The molecule has 0 aliphatic carbocycles. The molecule has 1 saturated heterocycles. The summed E-state index contributed by atoms with van der Waals surface area (Å²) in [5, 5.41) is 13.9. The number of alkyl halides is 3. The lowest BCUT2D eigenvalue weighted by Gasteiger charge is -2.35. The van der Waals surface area contributed by atoms with Gasteiger partial charge in [-0.05, 0) is 19.1 Å². The number of H-pyrrole nitrogens is 1. The molecule has 3 rings (SSSR count). The van der Waals surface area contributed by atoms with Gasteiger partial charge >= 0.3 is 6.18 Å². The van der Waals surface area contributed by atoms with E-state index in [1.807, 2.05) is 11.0 Å². The molecule has 0 unspecified atom stereocenters. The third kappa shape index (κ3) is 6.44. The largest absolute Gasteiger partial charge is 0.486 e. The zero-order chi connectivity index (χ0) is 24.7. The minimum Gasteiger partial charge on any atom is -0.486 e. The number of rotatable bonds is 8. The van der Waals surface area contributed by atoms with Gasteiger partial charge in [-0.25, -0.2) is 10.1 Å². The molecule has 182 valence electrons. The highest BCUT2D eigenvalue weighted by Crippen LogP contribution is 2.33. The second kappa shape index (κ2) is 11.0. The molecular weight excluding hydrogens is 457 g/mol. The number of nitrogens with zero attached hydrogens (tertiary/aromatic N) is 5. The van der Waals surface area contributed by atoms with Gasteiger partial charge in [-0.2, -0.15) is 23.5 Å². The number of anilines is 1. The van der Waals surface area contributed by atoms with Crippen molar-refractivity contribution in [3.63, 3.8) is 0 Å². The minimum atomic E-state index is -4.89. The molecule has 34 heavy (non-hydrogen) atoms. The number of carbonyl (C=O) groups is 1. The Hall–Kier alpha value is -3.66. The van der Waals surface area contributed by atoms with Crippen molar-refractivity contribution in [3.05, 3.63) is 46.0 Å². The van der Waals surface area contributed by atoms with Crippen molar-refractivity contribution >= 4 is 11.7 Å². The average Bonchev–Trinajstić information content (AvgIpc) is 2.81. The van der Waals surface area contributed by atoms with Gasteiger partial charge in [-0.3, -0.25) is 9.59 Å². The zero-order valence-electron chi connectivity index (χ0n) is 18.3. The first-order chi connectivity index (χ1) is 16.2. The number of hydrogen-bond donors (Lipinski definition) is 1. The first-order valence-electron chi connectivity index (χ1n) is 10.5. The zero-order valence-corrected chi connectivity index (χ0v) is 18.3. The minimum absolute atomic E-state index is 0.0731. The Morgan fingerprint density at radius 1 is 1.26 bits per heavy atom. The molecule has 1 fully saturated rings. The fourth-order valence-corrected chi connectivity index (χ4v) is 3.38. The van der Waals surface area contributed by atoms with Crippen LogP contribution < -0.4 is 15.2 Å².